The lowest BCUT2D eigenvalue weighted by Gasteiger charge is -2.15. The Morgan fingerprint density at radius 2 is 2.15 bits per heavy atom. The molecule has 0 aromatic heterocycles. The summed E-state index contributed by atoms with van der Waals surface area (Å²) in [5, 5.41) is 17.5. The van der Waals surface area contributed by atoms with E-state index in [4.69, 9.17) is 10.2 Å². The lowest BCUT2D eigenvalue weighted by molar-refractivity contribution is 0.168. The molecule has 0 aliphatic carbocycles. The van der Waals surface area contributed by atoms with Crippen LogP contribution in [0.1, 0.15) is 20.3 Å². The second kappa shape index (κ2) is 6.39. The predicted octanol–water partition coefficient (Wildman–Crippen LogP) is 1.87. The Bertz CT molecular complexity index is 166. The van der Waals surface area contributed by atoms with Gasteiger partial charge in [-0.1, -0.05) is 6.92 Å². The van der Waals surface area contributed by atoms with E-state index in [9.17, 15) is 4.79 Å². The number of rotatable bonds is 5. The van der Waals surface area contributed by atoms with E-state index < -0.39 is 6.09 Å². The van der Waals surface area contributed by atoms with Crippen LogP contribution in [0.2, 0.25) is 0 Å². The largest absolute Gasteiger partial charge is 0.464 e. The Morgan fingerprint density at radius 3 is 2.54 bits per heavy atom. The first-order chi connectivity index (χ1) is 5.93. The molecule has 0 spiro atoms. The van der Waals surface area contributed by atoms with Crippen molar-refractivity contribution in [1.82, 2.24) is 3.71 Å². The van der Waals surface area contributed by atoms with Crippen molar-refractivity contribution < 1.29 is 15.0 Å². The molecule has 2 unspecified atom stereocenters. The molecule has 4 nitrogen and oxygen atoms in total. The Morgan fingerprint density at radius 1 is 1.62 bits per heavy atom. The molecular weight excluding hydrogens is 210 g/mol. The van der Waals surface area contributed by atoms with Crippen molar-refractivity contribution in [3.05, 3.63) is 0 Å². The maximum Gasteiger partial charge on any atom is 0.427 e. The third-order valence-electron chi connectivity index (χ3n) is 1.39. The number of carbonyl (C=O) groups is 1. The summed E-state index contributed by atoms with van der Waals surface area (Å²) in [6, 6.07) is 0. The van der Waals surface area contributed by atoms with E-state index in [2.05, 4.69) is 12.8 Å². The van der Waals surface area contributed by atoms with Crippen LogP contribution in [-0.4, -0.2) is 31.9 Å². The fraction of sp³-hybridized carbons (Fsp3) is 0.857. The molecule has 0 saturated carbocycles. The summed E-state index contributed by atoms with van der Waals surface area (Å²) in [4.78, 5) is 10.3. The normalized spacial score (nSPS) is 15.1. The van der Waals surface area contributed by atoms with Crippen LogP contribution in [0.5, 0.6) is 0 Å². The molecule has 0 fully saturated rings. The molecule has 1 amide bonds. The van der Waals surface area contributed by atoms with E-state index in [1.807, 2.05) is 6.92 Å². The third kappa shape index (κ3) is 7.04. The Kier molecular flexibility index (Phi) is 6.36. The van der Waals surface area contributed by atoms with Gasteiger partial charge in [0.1, 0.15) is 0 Å². The summed E-state index contributed by atoms with van der Waals surface area (Å²) in [5.41, 5.74) is 0. The van der Waals surface area contributed by atoms with Crippen molar-refractivity contribution in [2.75, 3.05) is 5.75 Å². The van der Waals surface area contributed by atoms with Gasteiger partial charge in [-0.15, -0.1) is 0 Å². The number of amides is 1. The van der Waals surface area contributed by atoms with Gasteiger partial charge in [0.2, 0.25) is 0 Å². The average molecular weight is 225 g/mol. The van der Waals surface area contributed by atoms with Crippen LogP contribution in [0.3, 0.4) is 0 Å². The highest BCUT2D eigenvalue weighted by molar-refractivity contribution is 8.06. The van der Waals surface area contributed by atoms with E-state index in [0.29, 0.717) is 12.2 Å². The van der Waals surface area contributed by atoms with Crippen LogP contribution in [0, 0.1) is 5.92 Å². The van der Waals surface area contributed by atoms with Crippen molar-refractivity contribution in [1.29, 1.82) is 0 Å². The summed E-state index contributed by atoms with van der Waals surface area (Å²) in [6.07, 6.45) is -0.736. The maximum atomic E-state index is 10.3. The molecule has 0 aliphatic heterocycles. The van der Waals surface area contributed by atoms with Gasteiger partial charge >= 0.3 is 6.09 Å². The number of carboxylic acid groups (broad SMARTS) is 1. The minimum Gasteiger partial charge on any atom is -0.464 e. The standard InChI is InChI=1S/C7H15NO3S2/c1-5(3-6(2)9)4-13-8(12)7(10)11/h5-6,9,12H,3-4H2,1-2H3,(H,10,11). The zero-order valence-corrected chi connectivity index (χ0v) is 9.39. The predicted molar refractivity (Wildman–Crippen MR) is 56.8 cm³/mol. The van der Waals surface area contributed by atoms with E-state index in [-0.39, 0.29) is 12.0 Å². The molecule has 0 aromatic rings. The van der Waals surface area contributed by atoms with Crippen LogP contribution >= 0.6 is 24.8 Å². The molecule has 0 saturated heterocycles. The molecule has 2 atom stereocenters. The zero-order chi connectivity index (χ0) is 10.4. The van der Waals surface area contributed by atoms with E-state index in [1.165, 1.54) is 0 Å². The molecule has 0 aliphatic rings. The molecule has 78 valence electrons. The second-order valence-corrected chi connectivity index (χ2v) is 4.67. The first-order valence-corrected chi connectivity index (χ1v) is 5.30. The van der Waals surface area contributed by atoms with Crippen molar-refractivity contribution in [2.45, 2.75) is 26.4 Å². The van der Waals surface area contributed by atoms with Gasteiger partial charge in [-0.05, 0) is 44.0 Å². The van der Waals surface area contributed by atoms with Crippen LogP contribution < -0.4 is 0 Å². The minimum absolute atomic E-state index is 0.277. The van der Waals surface area contributed by atoms with Gasteiger partial charge in [0.15, 0.2) is 0 Å². The summed E-state index contributed by atoms with van der Waals surface area (Å²) >= 11 is 4.85. The summed E-state index contributed by atoms with van der Waals surface area (Å²) in [7, 11) is 0. The van der Waals surface area contributed by atoms with Crippen molar-refractivity contribution in [3.63, 3.8) is 0 Å². The molecule has 13 heavy (non-hydrogen) atoms. The Hall–Kier alpha value is -0.0700. The second-order valence-electron chi connectivity index (χ2n) is 3.04. The molecule has 0 bridgehead atoms. The van der Waals surface area contributed by atoms with Gasteiger partial charge in [-0.25, -0.2) is 4.79 Å². The van der Waals surface area contributed by atoms with E-state index >= 15 is 0 Å². The van der Waals surface area contributed by atoms with Crippen LogP contribution in [0.4, 0.5) is 4.79 Å². The maximum absolute atomic E-state index is 10.3. The Balaban J connectivity index is 3.57. The summed E-state index contributed by atoms with van der Waals surface area (Å²) in [6.45, 7) is 3.68. The van der Waals surface area contributed by atoms with Gasteiger partial charge in [-0.2, -0.15) is 3.71 Å². The molecule has 0 radical (unpaired) electrons. The molecule has 0 rings (SSSR count). The van der Waals surface area contributed by atoms with Gasteiger partial charge < -0.3 is 10.2 Å². The molecule has 6 heteroatoms. The molecule has 0 heterocycles. The fourth-order valence-electron chi connectivity index (χ4n) is 0.903. The number of hydrogen-bond donors (Lipinski definition) is 3. The van der Waals surface area contributed by atoms with Gasteiger partial charge in [0, 0.05) is 5.75 Å². The molecule has 2 N–H and O–H groups in total. The first-order valence-electron chi connectivity index (χ1n) is 3.96. The SMILES string of the molecule is CC(O)CC(C)CSN(S)C(=O)O. The third-order valence-corrected chi connectivity index (χ3v) is 3.02. The molecule has 0 aromatic carbocycles. The van der Waals surface area contributed by atoms with E-state index in [1.54, 1.807) is 6.92 Å². The first kappa shape index (κ1) is 12.9. The number of thiol groups is 1. The quantitative estimate of drug-likeness (QED) is 0.494. The van der Waals surface area contributed by atoms with Gasteiger partial charge in [-0.3, -0.25) is 0 Å². The minimum atomic E-state index is -1.07. The van der Waals surface area contributed by atoms with Crippen LogP contribution in [-0.2, 0) is 0 Å². The Labute approximate surface area is 88.0 Å². The summed E-state index contributed by atoms with van der Waals surface area (Å²) < 4.78 is 0.874. The number of aliphatic hydroxyl groups is 1. The fourth-order valence-corrected chi connectivity index (χ4v) is 1.75. The van der Waals surface area contributed by atoms with Crippen molar-refractivity contribution in [2.24, 2.45) is 5.92 Å². The zero-order valence-electron chi connectivity index (χ0n) is 7.67. The van der Waals surface area contributed by atoms with Crippen molar-refractivity contribution >= 4 is 30.9 Å². The van der Waals surface area contributed by atoms with Gasteiger partial charge in [0.05, 0.1) is 6.10 Å². The summed E-state index contributed by atoms with van der Waals surface area (Å²) in [5.74, 6) is 0.916. The van der Waals surface area contributed by atoms with E-state index in [0.717, 1.165) is 15.7 Å². The smallest absolute Gasteiger partial charge is 0.427 e. The monoisotopic (exact) mass is 225 g/mol. The number of aliphatic hydroxyl groups excluding tert-OH is 1. The highest BCUT2D eigenvalue weighted by Crippen LogP contribution is 2.19. The molecular formula is C7H15NO3S2. The highest BCUT2D eigenvalue weighted by Gasteiger charge is 2.11. The lowest BCUT2D eigenvalue weighted by atomic mass is 10.1. The topological polar surface area (TPSA) is 60.8 Å². The van der Waals surface area contributed by atoms with Gasteiger partial charge in [0.25, 0.3) is 0 Å². The van der Waals surface area contributed by atoms with Crippen LogP contribution in [0.15, 0.2) is 0 Å². The van der Waals surface area contributed by atoms with Crippen LogP contribution in [0.25, 0.3) is 0 Å². The number of hydrogen-bond acceptors (Lipinski definition) is 4. The lowest BCUT2D eigenvalue weighted by Crippen LogP contribution is -2.15. The average Bonchev–Trinajstić information content (AvgIpc) is 1.98. The number of nitrogens with zero attached hydrogens (tertiary/aromatic N) is 1. The highest BCUT2D eigenvalue weighted by atomic mass is 32.2. The van der Waals surface area contributed by atoms with Crippen molar-refractivity contribution in [3.8, 4) is 0 Å².